The molecule has 0 amide bonds. The van der Waals surface area contributed by atoms with Gasteiger partial charge in [-0.1, -0.05) is 241 Å². The maximum Gasteiger partial charge on any atom is 0.306 e. The van der Waals surface area contributed by atoms with Gasteiger partial charge in [-0.2, -0.15) is 0 Å². The number of carbonyl (C=O) groups excluding carboxylic acids is 2. The lowest BCUT2D eigenvalue weighted by Crippen LogP contribution is -2.28. The topological polar surface area (TPSA) is 72.8 Å². The molecule has 0 aliphatic heterocycles. The van der Waals surface area contributed by atoms with Crippen molar-refractivity contribution in [2.75, 3.05) is 13.2 Å². The van der Waals surface area contributed by atoms with Gasteiger partial charge < -0.3 is 14.6 Å². The van der Waals surface area contributed by atoms with Crippen LogP contribution >= 0.6 is 0 Å². The number of hydrogen-bond donors (Lipinski definition) is 1. The molecule has 0 aromatic heterocycles. The molecule has 0 saturated heterocycles. The lowest BCUT2D eigenvalue weighted by atomic mass is 10.0. The Morgan fingerprint density at radius 1 is 0.400 bits per heavy atom. The summed E-state index contributed by atoms with van der Waals surface area (Å²) in [6.45, 7) is 4.03. The van der Waals surface area contributed by atoms with Crippen LogP contribution in [-0.2, 0) is 19.1 Å². The second-order valence-corrected chi connectivity index (χ2v) is 16.9. The molecule has 0 spiro atoms. The van der Waals surface area contributed by atoms with E-state index in [-0.39, 0.29) is 25.2 Å². The molecule has 0 aromatic carbocycles. The Morgan fingerprint density at radius 3 is 1.08 bits per heavy atom. The van der Waals surface area contributed by atoms with E-state index < -0.39 is 6.10 Å². The van der Waals surface area contributed by atoms with Crippen LogP contribution in [0.15, 0.2) is 72.9 Å². The van der Waals surface area contributed by atoms with Crippen molar-refractivity contribution in [1.82, 2.24) is 0 Å². The maximum absolute atomic E-state index is 12.3. The molecule has 1 N–H and O–H groups in total. The predicted molar refractivity (Wildman–Crippen MR) is 260 cm³/mol. The average Bonchev–Trinajstić information content (AvgIpc) is 3.25. The van der Waals surface area contributed by atoms with Gasteiger partial charge >= 0.3 is 11.9 Å². The Morgan fingerprint density at radius 2 is 0.717 bits per heavy atom. The molecule has 0 rings (SSSR count). The predicted octanol–water partition coefficient (Wildman–Crippen LogP) is 16.9. The maximum atomic E-state index is 12.3. The quantitative estimate of drug-likeness (QED) is 0.0376. The SMILES string of the molecule is CC/C=C\C/C=C\C/C=C\C/C=C\C/C=C\C/C=C\CCCCCCC(=O)OC(CO)COC(=O)CCCCCCCCCCCCCCCCCCCCCCCCC. The summed E-state index contributed by atoms with van der Waals surface area (Å²) in [7, 11) is 0. The van der Waals surface area contributed by atoms with Gasteiger partial charge in [-0.15, -0.1) is 0 Å². The number of esters is 2. The fourth-order valence-electron chi connectivity index (χ4n) is 7.21. The molecule has 0 radical (unpaired) electrons. The van der Waals surface area contributed by atoms with Crippen molar-refractivity contribution in [1.29, 1.82) is 0 Å². The van der Waals surface area contributed by atoms with Crippen LogP contribution in [0.1, 0.15) is 245 Å². The minimum Gasteiger partial charge on any atom is -0.462 e. The first kappa shape index (κ1) is 57.3. The van der Waals surface area contributed by atoms with E-state index in [4.69, 9.17) is 9.47 Å². The van der Waals surface area contributed by atoms with Crippen LogP contribution in [0.5, 0.6) is 0 Å². The molecule has 5 heteroatoms. The Bertz CT molecular complexity index is 1080. The van der Waals surface area contributed by atoms with Crippen LogP contribution in [0.25, 0.3) is 0 Å². The zero-order valence-corrected chi connectivity index (χ0v) is 39.5. The fraction of sp³-hybridized carbons (Fsp3) is 0.745. The van der Waals surface area contributed by atoms with E-state index in [0.717, 1.165) is 89.9 Å². The second-order valence-electron chi connectivity index (χ2n) is 16.9. The Kier molecular flexibility index (Phi) is 48.4. The van der Waals surface area contributed by atoms with Crippen molar-refractivity contribution in [2.24, 2.45) is 0 Å². The van der Waals surface area contributed by atoms with Crippen LogP contribution in [-0.4, -0.2) is 36.4 Å². The molecule has 0 bridgehead atoms. The molecular formula is C55H96O5. The first-order chi connectivity index (χ1) is 29.6. The van der Waals surface area contributed by atoms with Crippen LogP contribution in [0.3, 0.4) is 0 Å². The van der Waals surface area contributed by atoms with Gasteiger partial charge in [-0.05, 0) is 64.2 Å². The zero-order valence-electron chi connectivity index (χ0n) is 39.5. The highest BCUT2D eigenvalue weighted by atomic mass is 16.6. The summed E-state index contributed by atoms with van der Waals surface area (Å²) < 4.78 is 10.7. The van der Waals surface area contributed by atoms with E-state index in [9.17, 15) is 14.7 Å². The summed E-state index contributed by atoms with van der Waals surface area (Å²) in [6, 6.07) is 0. The molecule has 0 saturated carbocycles. The van der Waals surface area contributed by atoms with E-state index in [1.54, 1.807) is 0 Å². The highest BCUT2D eigenvalue weighted by Gasteiger charge is 2.16. The van der Waals surface area contributed by atoms with Gasteiger partial charge in [0.25, 0.3) is 0 Å². The first-order valence-corrected chi connectivity index (χ1v) is 25.5. The summed E-state index contributed by atoms with van der Waals surface area (Å²) in [5.74, 6) is -0.614. The monoisotopic (exact) mass is 837 g/mol. The summed E-state index contributed by atoms with van der Waals surface area (Å²) >= 11 is 0. The summed E-state index contributed by atoms with van der Waals surface area (Å²) in [5, 5.41) is 9.62. The molecule has 0 aliphatic carbocycles. The van der Waals surface area contributed by atoms with Crippen LogP contribution in [0, 0.1) is 0 Å². The van der Waals surface area contributed by atoms with Gasteiger partial charge in [0, 0.05) is 12.8 Å². The van der Waals surface area contributed by atoms with Crippen molar-refractivity contribution < 1.29 is 24.2 Å². The second kappa shape index (κ2) is 50.7. The molecule has 346 valence electrons. The van der Waals surface area contributed by atoms with Crippen LogP contribution in [0.4, 0.5) is 0 Å². The summed E-state index contributed by atoms with van der Waals surface area (Å²) in [4.78, 5) is 24.4. The van der Waals surface area contributed by atoms with Crippen molar-refractivity contribution in [3.05, 3.63) is 72.9 Å². The third-order valence-electron chi connectivity index (χ3n) is 11.0. The van der Waals surface area contributed by atoms with E-state index >= 15 is 0 Å². The molecule has 1 atom stereocenters. The van der Waals surface area contributed by atoms with Gasteiger partial charge in [0.15, 0.2) is 6.10 Å². The summed E-state index contributed by atoms with van der Waals surface area (Å²) in [5.41, 5.74) is 0. The van der Waals surface area contributed by atoms with Crippen LogP contribution in [0.2, 0.25) is 0 Å². The number of aliphatic hydroxyl groups excluding tert-OH is 1. The molecular weight excluding hydrogens is 741 g/mol. The molecule has 0 fully saturated rings. The van der Waals surface area contributed by atoms with Gasteiger partial charge in [-0.3, -0.25) is 9.59 Å². The van der Waals surface area contributed by atoms with Gasteiger partial charge in [0.1, 0.15) is 6.61 Å². The number of ether oxygens (including phenoxy) is 2. The number of hydrogen-bond acceptors (Lipinski definition) is 5. The number of aliphatic hydroxyl groups is 1. The lowest BCUT2D eigenvalue weighted by Gasteiger charge is -2.15. The Hall–Kier alpha value is -2.66. The number of carbonyl (C=O) groups is 2. The average molecular weight is 837 g/mol. The normalized spacial score (nSPS) is 12.8. The third-order valence-corrected chi connectivity index (χ3v) is 11.0. The van der Waals surface area contributed by atoms with Crippen molar-refractivity contribution in [3.63, 3.8) is 0 Å². The van der Waals surface area contributed by atoms with Crippen molar-refractivity contribution in [3.8, 4) is 0 Å². The largest absolute Gasteiger partial charge is 0.462 e. The minimum absolute atomic E-state index is 0.0770. The van der Waals surface area contributed by atoms with Crippen molar-refractivity contribution >= 4 is 11.9 Å². The highest BCUT2D eigenvalue weighted by molar-refractivity contribution is 5.70. The first-order valence-electron chi connectivity index (χ1n) is 25.5. The van der Waals surface area contributed by atoms with E-state index in [1.807, 2.05) is 0 Å². The lowest BCUT2D eigenvalue weighted by molar-refractivity contribution is -0.161. The Labute approximate surface area is 372 Å². The van der Waals surface area contributed by atoms with E-state index in [0.29, 0.717) is 12.8 Å². The molecule has 0 heterocycles. The minimum atomic E-state index is -0.788. The van der Waals surface area contributed by atoms with Crippen molar-refractivity contribution in [2.45, 2.75) is 251 Å². The number of rotatable bonds is 46. The van der Waals surface area contributed by atoms with Gasteiger partial charge in [-0.25, -0.2) is 0 Å². The smallest absolute Gasteiger partial charge is 0.306 e. The van der Waals surface area contributed by atoms with E-state index in [1.165, 1.54) is 128 Å². The number of unbranched alkanes of at least 4 members (excludes halogenated alkanes) is 26. The molecule has 0 aromatic rings. The van der Waals surface area contributed by atoms with Gasteiger partial charge in [0.05, 0.1) is 6.61 Å². The standard InChI is InChI=1S/C55H96O5/c1-3-5-7-9-11-13-15-17-19-21-23-25-27-29-31-33-35-37-39-41-43-45-47-49-54(57)59-52-53(51-56)60-55(58)50-48-46-44-42-40-38-36-34-32-30-28-26-24-22-20-18-16-14-12-10-8-6-4-2/h6,8,12,14,18,20,24,26,30,32,36,38,53,56H,3-5,7,9-11,13,15-17,19,21-23,25,27-29,31,33-35,37,39-52H2,1-2H3/b8-6-,14-12-,20-18-,26-24-,32-30-,38-36-. The molecule has 60 heavy (non-hydrogen) atoms. The fourth-order valence-corrected chi connectivity index (χ4v) is 7.21. The Balaban J connectivity index is 3.55. The third kappa shape index (κ3) is 48.0. The van der Waals surface area contributed by atoms with Crippen LogP contribution < -0.4 is 0 Å². The molecule has 1 unspecified atom stereocenters. The highest BCUT2D eigenvalue weighted by Crippen LogP contribution is 2.16. The number of allylic oxidation sites excluding steroid dienone is 12. The zero-order chi connectivity index (χ0) is 43.5. The molecule has 0 aliphatic rings. The van der Waals surface area contributed by atoms with Gasteiger partial charge in [0.2, 0.25) is 0 Å². The summed E-state index contributed by atoms with van der Waals surface area (Å²) in [6.07, 6.45) is 68.5. The van der Waals surface area contributed by atoms with E-state index in [2.05, 4.69) is 86.8 Å². The molecule has 5 nitrogen and oxygen atoms in total.